The standard InChI is InChI=1S/C22H16ClNO4/c1-2-13-3-6-17-16(11-21(25)28-19(17)9-13)12-27-22(26)15-4-7-18-14(10-15)5-8-20(23)24-18/h3-11H,2,12H2,1H3. The molecule has 0 aliphatic heterocycles. The van der Waals surface area contributed by atoms with E-state index in [4.69, 9.17) is 20.8 Å². The van der Waals surface area contributed by atoms with E-state index in [-0.39, 0.29) is 6.61 Å². The molecule has 2 aromatic carbocycles. The molecule has 0 spiro atoms. The zero-order valence-electron chi connectivity index (χ0n) is 15.1. The van der Waals surface area contributed by atoms with Gasteiger partial charge >= 0.3 is 11.6 Å². The molecule has 0 bridgehead atoms. The van der Waals surface area contributed by atoms with E-state index in [1.165, 1.54) is 6.07 Å². The first-order chi connectivity index (χ1) is 13.5. The Balaban J connectivity index is 1.59. The maximum Gasteiger partial charge on any atom is 0.338 e. The number of ether oxygens (including phenoxy) is 1. The fraction of sp³-hybridized carbons (Fsp3) is 0.136. The molecule has 0 unspecified atom stereocenters. The molecule has 0 aliphatic carbocycles. The summed E-state index contributed by atoms with van der Waals surface area (Å²) < 4.78 is 10.7. The average Bonchev–Trinajstić information content (AvgIpc) is 2.70. The number of nitrogens with zero attached hydrogens (tertiary/aromatic N) is 1. The summed E-state index contributed by atoms with van der Waals surface area (Å²) in [7, 11) is 0. The van der Waals surface area contributed by atoms with Gasteiger partial charge in [-0.05, 0) is 48.4 Å². The Labute approximate surface area is 165 Å². The predicted octanol–water partition coefficient (Wildman–Crippen LogP) is 4.91. The van der Waals surface area contributed by atoms with Crippen molar-refractivity contribution in [2.24, 2.45) is 0 Å². The van der Waals surface area contributed by atoms with Gasteiger partial charge in [0.1, 0.15) is 17.3 Å². The highest BCUT2D eigenvalue weighted by Crippen LogP contribution is 2.21. The molecule has 0 fully saturated rings. The minimum Gasteiger partial charge on any atom is -0.457 e. The van der Waals surface area contributed by atoms with Crippen LogP contribution in [0, 0.1) is 0 Å². The number of halogens is 1. The van der Waals surface area contributed by atoms with Crippen LogP contribution in [0.5, 0.6) is 0 Å². The molecule has 0 saturated heterocycles. The molecule has 0 amide bonds. The molecular formula is C22H16ClNO4. The van der Waals surface area contributed by atoms with Gasteiger partial charge in [0.15, 0.2) is 0 Å². The van der Waals surface area contributed by atoms with Crippen molar-refractivity contribution in [1.82, 2.24) is 4.98 Å². The van der Waals surface area contributed by atoms with Crippen LogP contribution in [0.4, 0.5) is 0 Å². The number of aromatic nitrogens is 1. The predicted molar refractivity (Wildman–Crippen MR) is 108 cm³/mol. The number of rotatable bonds is 4. The lowest BCUT2D eigenvalue weighted by Crippen LogP contribution is -2.08. The van der Waals surface area contributed by atoms with Crippen LogP contribution in [0.25, 0.3) is 21.9 Å². The highest BCUT2D eigenvalue weighted by atomic mass is 35.5. The van der Waals surface area contributed by atoms with Gasteiger partial charge in [-0.2, -0.15) is 0 Å². The van der Waals surface area contributed by atoms with E-state index in [0.717, 1.165) is 22.8 Å². The molecular weight excluding hydrogens is 378 g/mol. The molecule has 28 heavy (non-hydrogen) atoms. The first kappa shape index (κ1) is 18.2. The normalized spacial score (nSPS) is 11.1. The van der Waals surface area contributed by atoms with Crippen LogP contribution in [-0.4, -0.2) is 11.0 Å². The lowest BCUT2D eigenvalue weighted by atomic mass is 10.1. The van der Waals surface area contributed by atoms with Gasteiger partial charge in [0.25, 0.3) is 0 Å². The summed E-state index contributed by atoms with van der Waals surface area (Å²) >= 11 is 5.88. The Kier molecular flexibility index (Phi) is 4.84. The van der Waals surface area contributed by atoms with Crippen LogP contribution in [0.2, 0.25) is 5.15 Å². The SMILES string of the molecule is CCc1ccc2c(COC(=O)c3ccc4nc(Cl)ccc4c3)cc(=O)oc2c1. The summed E-state index contributed by atoms with van der Waals surface area (Å²) in [6.45, 7) is 2.00. The molecule has 140 valence electrons. The number of carbonyl (C=O) groups excluding carboxylic acids is 1. The summed E-state index contributed by atoms with van der Waals surface area (Å²) in [5.74, 6) is -0.483. The zero-order valence-corrected chi connectivity index (χ0v) is 15.8. The molecule has 2 aromatic heterocycles. The van der Waals surface area contributed by atoms with Crippen molar-refractivity contribution in [1.29, 1.82) is 0 Å². The second kappa shape index (κ2) is 7.44. The monoisotopic (exact) mass is 393 g/mol. The van der Waals surface area contributed by atoms with Gasteiger partial charge in [0.05, 0.1) is 11.1 Å². The summed E-state index contributed by atoms with van der Waals surface area (Å²) in [4.78, 5) is 28.5. The van der Waals surface area contributed by atoms with Crippen LogP contribution in [0.1, 0.15) is 28.4 Å². The van der Waals surface area contributed by atoms with Gasteiger partial charge in [-0.25, -0.2) is 14.6 Å². The third-order valence-electron chi connectivity index (χ3n) is 4.55. The Morgan fingerprint density at radius 1 is 1.11 bits per heavy atom. The molecule has 0 atom stereocenters. The Bertz CT molecular complexity index is 1260. The number of hydrogen-bond donors (Lipinski definition) is 0. The van der Waals surface area contributed by atoms with E-state index in [9.17, 15) is 9.59 Å². The molecule has 4 rings (SSSR count). The Morgan fingerprint density at radius 2 is 1.96 bits per heavy atom. The number of hydrogen-bond acceptors (Lipinski definition) is 5. The van der Waals surface area contributed by atoms with Gasteiger partial charge in [-0.15, -0.1) is 0 Å². The minimum absolute atomic E-state index is 0.0245. The van der Waals surface area contributed by atoms with Crippen molar-refractivity contribution >= 4 is 39.4 Å². The summed E-state index contributed by atoms with van der Waals surface area (Å²) in [6, 6.07) is 15.6. The van der Waals surface area contributed by atoms with E-state index in [2.05, 4.69) is 4.98 Å². The number of benzene rings is 2. The smallest absolute Gasteiger partial charge is 0.338 e. The highest BCUT2D eigenvalue weighted by Gasteiger charge is 2.12. The van der Waals surface area contributed by atoms with E-state index in [1.807, 2.05) is 25.1 Å². The molecule has 0 aliphatic rings. The highest BCUT2D eigenvalue weighted by molar-refractivity contribution is 6.29. The topological polar surface area (TPSA) is 69.4 Å². The van der Waals surface area contributed by atoms with E-state index in [1.54, 1.807) is 30.3 Å². The largest absolute Gasteiger partial charge is 0.457 e. The Hall–Kier alpha value is -3.18. The van der Waals surface area contributed by atoms with Crippen LogP contribution in [0.3, 0.4) is 0 Å². The van der Waals surface area contributed by atoms with Gasteiger partial charge < -0.3 is 9.15 Å². The number of fused-ring (bicyclic) bond motifs is 2. The van der Waals surface area contributed by atoms with Crippen LogP contribution < -0.4 is 5.63 Å². The van der Waals surface area contributed by atoms with Crippen molar-refractivity contribution in [2.75, 3.05) is 0 Å². The van der Waals surface area contributed by atoms with Crippen LogP contribution in [0.15, 0.2) is 63.8 Å². The number of carbonyl (C=O) groups is 1. The first-order valence-electron chi connectivity index (χ1n) is 8.82. The summed E-state index contributed by atoms with van der Waals surface area (Å²) in [5.41, 5.74) is 2.79. The van der Waals surface area contributed by atoms with Gasteiger partial charge in [0.2, 0.25) is 0 Å². The van der Waals surface area contributed by atoms with E-state index >= 15 is 0 Å². The summed E-state index contributed by atoms with van der Waals surface area (Å²) in [5, 5.41) is 1.93. The molecule has 0 N–H and O–H groups in total. The fourth-order valence-corrected chi connectivity index (χ4v) is 3.22. The number of esters is 1. The molecule has 0 saturated carbocycles. The molecule has 4 aromatic rings. The van der Waals surface area contributed by atoms with Crippen molar-refractivity contribution in [3.63, 3.8) is 0 Å². The third kappa shape index (κ3) is 3.62. The lowest BCUT2D eigenvalue weighted by Gasteiger charge is -2.09. The molecule has 6 heteroatoms. The maximum atomic E-state index is 12.5. The third-order valence-corrected chi connectivity index (χ3v) is 4.76. The maximum absolute atomic E-state index is 12.5. The van der Waals surface area contributed by atoms with Gasteiger partial charge in [0, 0.05) is 22.4 Å². The Morgan fingerprint density at radius 3 is 2.79 bits per heavy atom. The average molecular weight is 394 g/mol. The van der Waals surface area contributed by atoms with Crippen molar-refractivity contribution in [2.45, 2.75) is 20.0 Å². The number of pyridine rings is 1. The van der Waals surface area contributed by atoms with Crippen LogP contribution >= 0.6 is 11.6 Å². The molecule has 2 heterocycles. The molecule has 0 radical (unpaired) electrons. The van der Waals surface area contributed by atoms with Crippen molar-refractivity contribution in [3.8, 4) is 0 Å². The molecule has 5 nitrogen and oxygen atoms in total. The van der Waals surface area contributed by atoms with Crippen molar-refractivity contribution in [3.05, 3.63) is 86.9 Å². The zero-order chi connectivity index (χ0) is 19.7. The van der Waals surface area contributed by atoms with Gasteiger partial charge in [-0.3, -0.25) is 0 Å². The van der Waals surface area contributed by atoms with Crippen LogP contribution in [-0.2, 0) is 17.8 Å². The number of aryl methyl sites for hydroxylation is 1. The van der Waals surface area contributed by atoms with E-state index < -0.39 is 11.6 Å². The quantitative estimate of drug-likeness (QED) is 0.280. The fourth-order valence-electron chi connectivity index (χ4n) is 3.07. The second-order valence-corrected chi connectivity index (χ2v) is 6.78. The van der Waals surface area contributed by atoms with E-state index in [0.29, 0.717) is 27.4 Å². The van der Waals surface area contributed by atoms with Gasteiger partial charge in [-0.1, -0.05) is 30.7 Å². The first-order valence-corrected chi connectivity index (χ1v) is 9.20. The minimum atomic E-state index is -0.483. The van der Waals surface area contributed by atoms with Crippen molar-refractivity contribution < 1.29 is 13.9 Å². The summed E-state index contributed by atoms with van der Waals surface area (Å²) in [6.07, 6.45) is 0.834. The second-order valence-electron chi connectivity index (χ2n) is 6.39. The lowest BCUT2D eigenvalue weighted by molar-refractivity contribution is 0.0474.